The summed E-state index contributed by atoms with van der Waals surface area (Å²) in [5.74, 6) is 0. The molecule has 1 N–H and O–H groups in total. The number of pyridine rings is 1. The lowest BCUT2D eigenvalue weighted by Crippen LogP contribution is -2.48. The van der Waals surface area contributed by atoms with Crippen LogP contribution in [0, 0.1) is 12.3 Å². The summed E-state index contributed by atoms with van der Waals surface area (Å²) in [5.41, 5.74) is 3.01. The lowest BCUT2D eigenvalue weighted by molar-refractivity contribution is 0.0813. The van der Waals surface area contributed by atoms with Crippen LogP contribution < -0.4 is 5.32 Å². The third-order valence-corrected chi connectivity index (χ3v) is 5.84. The highest BCUT2D eigenvalue weighted by Crippen LogP contribution is 2.44. The van der Waals surface area contributed by atoms with Crippen LogP contribution in [-0.4, -0.2) is 35.5 Å². The van der Waals surface area contributed by atoms with Gasteiger partial charge in [-0.25, -0.2) is 4.79 Å². The van der Waals surface area contributed by atoms with Crippen molar-refractivity contribution in [2.45, 2.75) is 58.3 Å². The van der Waals surface area contributed by atoms with Crippen molar-refractivity contribution >= 4 is 6.03 Å². The average molecular weight is 315 g/mol. The van der Waals surface area contributed by atoms with Gasteiger partial charge >= 0.3 is 6.03 Å². The number of amides is 2. The zero-order valence-electron chi connectivity index (χ0n) is 14.3. The number of likely N-dealkylation sites (tertiary alicyclic amines) is 1. The summed E-state index contributed by atoms with van der Waals surface area (Å²) >= 11 is 0. The molecule has 1 saturated carbocycles. The Morgan fingerprint density at radius 1 is 1.22 bits per heavy atom. The molecule has 0 radical (unpaired) electrons. The van der Waals surface area contributed by atoms with E-state index in [0.29, 0.717) is 12.0 Å². The number of aryl methyl sites for hydroxylation is 1. The van der Waals surface area contributed by atoms with E-state index in [1.807, 2.05) is 23.4 Å². The molecule has 0 bridgehead atoms. The summed E-state index contributed by atoms with van der Waals surface area (Å²) < 4.78 is 0. The fourth-order valence-corrected chi connectivity index (χ4v) is 4.16. The number of hydrogen-bond donors (Lipinski definition) is 1. The molecular formula is C19H29N3O. The van der Waals surface area contributed by atoms with Crippen LogP contribution >= 0.6 is 0 Å². The zero-order valence-corrected chi connectivity index (χ0v) is 14.3. The van der Waals surface area contributed by atoms with Crippen LogP contribution in [0.2, 0.25) is 0 Å². The van der Waals surface area contributed by atoms with Gasteiger partial charge in [0.15, 0.2) is 0 Å². The molecule has 1 aliphatic carbocycles. The number of hydrogen-bond acceptors (Lipinski definition) is 2. The van der Waals surface area contributed by atoms with Gasteiger partial charge in [0, 0.05) is 32.0 Å². The number of urea groups is 1. The summed E-state index contributed by atoms with van der Waals surface area (Å²) in [6.07, 6.45) is 13.9. The van der Waals surface area contributed by atoms with Crippen molar-refractivity contribution in [3.63, 3.8) is 0 Å². The first kappa shape index (κ1) is 16.3. The predicted octanol–water partition coefficient (Wildman–Crippen LogP) is 3.69. The van der Waals surface area contributed by atoms with Crippen molar-refractivity contribution < 1.29 is 4.79 Å². The standard InChI is InChI=1S/C19H29N3O/c1-16-5-11-20-15-17(16)6-12-21-18(23)22-13-9-19(10-14-22)7-3-2-4-8-19/h5,11,15H,2-4,6-10,12-14H2,1H3,(H,21,23). The summed E-state index contributed by atoms with van der Waals surface area (Å²) in [7, 11) is 0. The number of nitrogens with one attached hydrogen (secondary N) is 1. The van der Waals surface area contributed by atoms with E-state index < -0.39 is 0 Å². The van der Waals surface area contributed by atoms with Gasteiger partial charge in [-0.3, -0.25) is 4.98 Å². The summed E-state index contributed by atoms with van der Waals surface area (Å²) in [5, 5.41) is 3.08. The van der Waals surface area contributed by atoms with Crippen molar-refractivity contribution in [1.82, 2.24) is 15.2 Å². The smallest absolute Gasteiger partial charge is 0.317 e. The minimum Gasteiger partial charge on any atom is -0.338 e. The molecule has 2 heterocycles. The Balaban J connectivity index is 1.42. The molecule has 0 aromatic carbocycles. The summed E-state index contributed by atoms with van der Waals surface area (Å²) in [6.45, 7) is 4.63. The van der Waals surface area contributed by atoms with Crippen LogP contribution in [0.4, 0.5) is 4.79 Å². The third kappa shape index (κ3) is 4.04. The maximum atomic E-state index is 12.3. The Morgan fingerprint density at radius 2 is 1.96 bits per heavy atom. The van der Waals surface area contributed by atoms with Gasteiger partial charge in [0.05, 0.1) is 0 Å². The van der Waals surface area contributed by atoms with E-state index in [1.165, 1.54) is 56.1 Å². The molecule has 0 atom stereocenters. The van der Waals surface area contributed by atoms with E-state index in [0.717, 1.165) is 19.5 Å². The minimum absolute atomic E-state index is 0.109. The molecule has 126 valence electrons. The first-order valence-corrected chi connectivity index (χ1v) is 9.11. The summed E-state index contributed by atoms with van der Waals surface area (Å²) in [4.78, 5) is 18.5. The molecular weight excluding hydrogens is 286 g/mol. The fraction of sp³-hybridized carbons (Fsp3) is 0.684. The number of aromatic nitrogens is 1. The van der Waals surface area contributed by atoms with Crippen molar-refractivity contribution in [1.29, 1.82) is 0 Å². The molecule has 4 heteroatoms. The van der Waals surface area contributed by atoms with Gasteiger partial charge in [-0.15, -0.1) is 0 Å². The molecule has 1 spiro atoms. The quantitative estimate of drug-likeness (QED) is 0.924. The van der Waals surface area contributed by atoms with Gasteiger partial charge in [-0.05, 0) is 61.6 Å². The second kappa shape index (κ2) is 7.33. The van der Waals surface area contributed by atoms with Gasteiger partial charge < -0.3 is 10.2 Å². The van der Waals surface area contributed by atoms with Crippen LogP contribution in [0.5, 0.6) is 0 Å². The maximum absolute atomic E-state index is 12.3. The van der Waals surface area contributed by atoms with Gasteiger partial charge in [0.2, 0.25) is 0 Å². The van der Waals surface area contributed by atoms with Gasteiger partial charge in [-0.1, -0.05) is 19.3 Å². The van der Waals surface area contributed by atoms with Gasteiger partial charge in [0.1, 0.15) is 0 Å². The lowest BCUT2D eigenvalue weighted by atomic mass is 9.68. The summed E-state index contributed by atoms with van der Waals surface area (Å²) in [6, 6.07) is 2.13. The number of carbonyl (C=O) groups excluding carboxylic acids is 1. The van der Waals surface area contributed by atoms with Crippen LogP contribution in [0.15, 0.2) is 18.5 Å². The average Bonchev–Trinajstić information content (AvgIpc) is 2.58. The van der Waals surface area contributed by atoms with Crippen LogP contribution in [0.25, 0.3) is 0 Å². The highest BCUT2D eigenvalue weighted by Gasteiger charge is 2.36. The molecule has 0 unspecified atom stereocenters. The highest BCUT2D eigenvalue weighted by atomic mass is 16.2. The normalized spacial score (nSPS) is 20.5. The second-order valence-electron chi connectivity index (χ2n) is 7.33. The SMILES string of the molecule is Cc1ccncc1CCNC(=O)N1CCC2(CCCCC2)CC1. The van der Waals surface area contributed by atoms with Crippen molar-refractivity contribution in [3.05, 3.63) is 29.6 Å². The maximum Gasteiger partial charge on any atom is 0.317 e. The largest absolute Gasteiger partial charge is 0.338 e. The van der Waals surface area contributed by atoms with E-state index in [2.05, 4.69) is 17.2 Å². The Kier molecular flexibility index (Phi) is 5.19. The molecule has 2 fully saturated rings. The molecule has 1 aliphatic heterocycles. The van der Waals surface area contributed by atoms with Crippen molar-refractivity contribution in [3.8, 4) is 0 Å². The zero-order chi connectivity index (χ0) is 16.1. The minimum atomic E-state index is 0.109. The van der Waals surface area contributed by atoms with Crippen molar-refractivity contribution in [2.24, 2.45) is 5.41 Å². The van der Waals surface area contributed by atoms with E-state index >= 15 is 0 Å². The molecule has 1 saturated heterocycles. The fourth-order valence-electron chi connectivity index (χ4n) is 4.16. The number of rotatable bonds is 3. The van der Waals surface area contributed by atoms with E-state index in [4.69, 9.17) is 0 Å². The molecule has 2 amide bonds. The van der Waals surface area contributed by atoms with E-state index in [-0.39, 0.29) is 6.03 Å². The molecule has 3 rings (SSSR count). The number of carbonyl (C=O) groups is 1. The monoisotopic (exact) mass is 315 g/mol. The Labute approximate surface area is 139 Å². The van der Waals surface area contributed by atoms with Gasteiger partial charge in [0.25, 0.3) is 0 Å². The molecule has 1 aromatic rings. The van der Waals surface area contributed by atoms with Crippen LogP contribution in [0.3, 0.4) is 0 Å². The third-order valence-electron chi connectivity index (χ3n) is 5.84. The van der Waals surface area contributed by atoms with Crippen LogP contribution in [-0.2, 0) is 6.42 Å². The first-order chi connectivity index (χ1) is 11.2. The molecule has 2 aliphatic rings. The lowest BCUT2D eigenvalue weighted by Gasteiger charge is -2.44. The Morgan fingerprint density at radius 3 is 2.65 bits per heavy atom. The van der Waals surface area contributed by atoms with E-state index in [9.17, 15) is 4.79 Å². The molecule has 4 nitrogen and oxygen atoms in total. The molecule has 23 heavy (non-hydrogen) atoms. The highest BCUT2D eigenvalue weighted by molar-refractivity contribution is 5.74. The Bertz CT molecular complexity index is 527. The van der Waals surface area contributed by atoms with E-state index in [1.54, 1.807) is 0 Å². The number of nitrogens with zero attached hydrogens (tertiary/aromatic N) is 2. The topological polar surface area (TPSA) is 45.2 Å². The molecule has 1 aromatic heterocycles. The van der Waals surface area contributed by atoms with Crippen LogP contribution in [0.1, 0.15) is 56.1 Å². The second-order valence-corrected chi connectivity index (χ2v) is 7.33. The Hall–Kier alpha value is -1.58. The van der Waals surface area contributed by atoms with Gasteiger partial charge in [-0.2, -0.15) is 0 Å². The predicted molar refractivity (Wildman–Crippen MR) is 92.4 cm³/mol. The first-order valence-electron chi connectivity index (χ1n) is 9.11. The van der Waals surface area contributed by atoms with Crippen molar-refractivity contribution in [2.75, 3.05) is 19.6 Å². The number of piperidine rings is 1.